The molecule has 3 rings (SSSR count). The van der Waals surface area contributed by atoms with Crippen LogP contribution in [0.2, 0.25) is 0 Å². The lowest BCUT2D eigenvalue weighted by atomic mass is 9.89. The molecule has 4 heteroatoms. The number of hydrogen-bond acceptors (Lipinski definition) is 4. The first-order valence-corrected chi connectivity index (χ1v) is 6.95. The molecule has 2 aromatic rings. The first-order valence-electron chi connectivity index (χ1n) is 6.07. The van der Waals surface area contributed by atoms with E-state index < -0.39 is 0 Å². The quantitative estimate of drug-likeness (QED) is 0.901. The topological polar surface area (TPSA) is 34.1 Å². The number of hydrogen-bond donors (Lipinski definition) is 1. The van der Waals surface area contributed by atoms with Crippen molar-refractivity contribution < 1.29 is 4.74 Å². The second-order valence-electron chi connectivity index (χ2n) is 4.38. The van der Waals surface area contributed by atoms with Crippen LogP contribution in [0.5, 0.6) is 0 Å². The van der Waals surface area contributed by atoms with Crippen LogP contribution >= 0.6 is 11.3 Å². The van der Waals surface area contributed by atoms with Crippen LogP contribution in [-0.2, 0) is 4.74 Å². The van der Waals surface area contributed by atoms with Crippen LogP contribution in [0.3, 0.4) is 0 Å². The van der Waals surface area contributed by atoms with Crippen LogP contribution in [0.15, 0.2) is 23.7 Å². The van der Waals surface area contributed by atoms with Crippen molar-refractivity contribution in [2.75, 3.05) is 11.9 Å². The molecular formula is C13H16N2OS. The van der Waals surface area contributed by atoms with Crippen LogP contribution in [-0.4, -0.2) is 23.7 Å². The highest BCUT2D eigenvalue weighted by Crippen LogP contribution is 2.30. The third-order valence-corrected chi connectivity index (χ3v) is 4.10. The molecule has 0 spiro atoms. The van der Waals surface area contributed by atoms with E-state index in [0.717, 1.165) is 25.3 Å². The van der Waals surface area contributed by atoms with E-state index >= 15 is 0 Å². The number of fused-ring (bicyclic) bond motifs is 1. The predicted molar refractivity (Wildman–Crippen MR) is 71.7 cm³/mol. The van der Waals surface area contributed by atoms with Gasteiger partial charge in [-0.2, -0.15) is 0 Å². The first kappa shape index (κ1) is 11.0. The summed E-state index contributed by atoms with van der Waals surface area (Å²) in [5.74, 6) is 1.02. The van der Waals surface area contributed by atoms with Gasteiger partial charge in [0.25, 0.3) is 0 Å². The van der Waals surface area contributed by atoms with E-state index in [1.54, 1.807) is 11.3 Å². The molecule has 0 aliphatic heterocycles. The highest BCUT2D eigenvalue weighted by Gasteiger charge is 2.29. The number of thiophene rings is 1. The molecule has 2 aromatic heterocycles. The van der Waals surface area contributed by atoms with Crippen molar-refractivity contribution in [1.82, 2.24) is 4.98 Å². The Morgan fingerprint density at radius 2 is 2.35 bits per heavy atom. The van der Waals surface area contributed by atoms with Crippen molar-refractivity contribution in [3.8, 4) is 0 Å². The van der Waals surface area contributed by atoms with E-state index in [9.17, 15) is 0 Å². The Kier molecular flexibility index (Phi) is 2.99. The lowest BCUT2D eigenvalue weighted by Crippen LogP contribution is -2.41. The second kappa shape index (κ2) is 4.63. The summed E-state index contributed by atoms with van der Waals surface area (Å²) in [5, 5.41) is 6.86. The van der Waals surface area contributed by atoms with Gasteiger partial charge in [-0.15, -0.1) is 11.3 Å². The monoisotopic (exact) mass is 248 g/mol. The molecule has 90 valence electrons. The van der Waals surface area contributed by atoms with Crippen LogP contribution < -0.4 is 5.32 Å². The minimum atomic E-state index is 0.444. The minimum absolute atomic E-state index is 0.444. The smallest absolute Gasteiger partial charge is 0.134 e. The molecule has 0 unspecified atom stereocenters. The van der Waals surface area contributed by atoms with Gasteiger partial charge < -0.3 is 10.1 Å². The first-order chi connectivity index (χ1) is 8.36. The lowest BCUT2D eigenvalue weighted by Gasteiger charge is -2.35. The summed E-state index contributed by atoms with van der Waals surface area (Å²) < 4.78 is 6.85. The Bertz CT molecular complexity index is 505. The van der Waals surface area contributed by atoms with Gasteiger partial charge in [-0.25, -0.2) is 4.98 Å². The highest BCUT2D eigenvalue weighted by molar-refractivity contribution is 7.17. The number of ether oxygens (including phenoxy) is 1. The summed E-state index contributed by atoms with van der Waals surface area (Å²) in [6.45, 7) is 2.87. The zero-order chi connectivity index (χ0) is 11.7. The summed E-state index contributed by atoms with van der Waals surface area (Å²) >= 11 is 1.76. The Labute approximate surface area is 105 Å². The SMILES string of the molecule is CCOC1CC(Nc2nccc3sccc23)C1. The van der Waals surface area contributed by atoms with Gasteiger partial charge in [0.15, 0.2) is 0 Å². The molecule has 1 fully saturated rings. The van der Waals surface area contributed by atoms with Crippen LogP contribution in [0, 0.1) is 0 Å². The molecule has 0 bridgehead atoms. The average molecular weight is 248 g/mol. The van der Waals surface area contributed by atoms with Crippen molar-refractivity contribution in [2.24, 2.45) is 0 Å². The summed E-state index contributed by atoms with van der Waals surface area (Å²) in [5.41, 5.74) is 0. The Morgan fingerprint density at radius 3 is 3.18 bits per heavy atom. The fourth-order valence-corrected chi connectivity index (χ4v) is 3.04. The Morgan fingerprint density at radius 1 is 1.47 bits per heavy atom. The molecule has 0 saturated heterocycles. The van der Waals surface area contributed by atoms with Gasteiger partial charge in [-0.05, 0) is 37.3 Å². The number of rotatable bonds is 4. The molecule has 0 amide bonds. The fraction of sp³-hybridized carbons (Fsp3) is 0.462. The van der Waals surface area contributed by atoms with E-state index in [4.69, 9.17) is 4.74 Å². The summed E-state index contributed by atoms with van der Waals surface area (Å²) in [6, 6.07) is 4.72. The van der Waals surface area contributed by atoms with Crippen LogP contribution in [0.1, 0.15) is 19.8 Å². The fourth-order valence-electron chi connectivity index (χ4n) is 2.26. The van der Waals surface area contributed by atoms with Crippen molar-refractivity contribution >= 4 is 27.2 Å². The third-order valence-electron chi connectivity index (χ3n) is 3.22. The maximum atomic E-state index is 5.56. The normalized spacial score (nSPS) is 23.6. The summed E-state index contributed by atoms with van der Waals surface area (Å²) in [4.78, 5) is 4.43. The third kappa shape index (κ3) is 2.15. The van der Waals surface area contributed by atoms with Gasteiger partial charge in [0.05, 0.1) is 6.10 Å². The van der Waals surface area contributed by atoms with E-state index in [2.05, 4.69) is 34.7 Å². The standard InChI is InChI=1S/C13H16N2OS/c1-2-16-10-7-9(8-10)15-13-11-4-6-17-12(11)3-5-14-13/h3-6,9-10H,2,7-8H2,1H3,(H,14,15). The van der Waals surface area contributed by atoms with Gasteiger partial charge in [0, 0.05) is 28.9 Å². The van der Waals surface area contributed by atoms with Gasteiger partial charge in [-0.1, -0.05) is 0 Å². The molecular weight excluding hydrogens is 232 g/mol. The van der Waals surface area contributed by atoms with E-state index in [1.165, 1.54) is 10.1 Å². The van der Waals surface area contributed by atoms with Gasteiger partial charge in [0.1, 0.15) is 5.82 Å². The van der Waals surface area contributed by atoms with Gasteiger partial charge >= 0.3 is 0 Å². The van der Waals surface area contributed by atoms with E-state index in [-0.39, 0.29) is 0 Å². The molecule has 1 aliphatic carbocycles. The van der Waals surface area contributed by atoms with Crippen molar-refractivity contribution in [2.45, 2.75) is 31.9 Å². The van der Waals surface area contributed by atoms with Crippen LogP contribution in [0.4, 0.5) is 5.82 Å². The zero-order valence-electron chi connectivity index (χ0n) is 9.85. The van der Waals surface area contributed by atoms with Gasteiger partial charge in [-0.3, -0.25) is 0 Å². The minimum Gasteiger partial charge on any atom is -0.378 e. The number of pyridine rings is 1. The predicted octanol–water partition coefficient (Wildman–Crippen LogP) is 3.28. The molecule has 1 saturated carbocycles. The number of nitrogens with zero attached hydrogens (tertiary/aromatic N) is 1. The number of anilines is 1. The molecule has 0 aromatic carbocycles. The van der Waals surface area contributed by atoms with Crippen molar-refractivity contribution in [3.05, 3.63) is 23.7 Å². The van der Waals surface area contributed by atoms with Crippen molar-refractivity contribution in [1.29, 1.82) is 0 Å². The Hall–Kier alpha value is -1.13. The number of nitrogens with one attached hydrogen (secondary N) is 1. The maximum Gasteiger partial charge on any atom is 0.134 e. The second-order valence-corrected chi connectivity index (χ2v) is 5.33. The van der Waals surface area contributed by atoms with E-state index in [0.29, 0.717) is 12.1 Å². The van der Waals surface area contributed by atoms with Gasteiger partial charge in [0.2, 0.25) is 0 Å². The molecule has 1 N–H and O–H groups in total. The molecule has 2 heterocycles. The largest absolute Gasteiger partial charge is 0.378 e. The molecule has 0 atom stereocenters. The molecule has 17 heavy (non-hydrogen) atoms. The lowest BCUT2D eigenvalue weighted by molar-refractivity contribution is 0.00295. The summed E-state index contributed by atoms with van der Waals surface area (Å²) in [7, 11) is 0. The Balaban J connectivity index is 1.68. The number of aromatic nitrogens is 1. The summed E-state index contributed by atoms with van der Waals surface area (Å²) in [6.07, 6.45) is 4.51. The van der Waals surface area contributed by atoms with Crippen molar-refractivity contribution in [3.63, 3.8) is 0 Å². The maximum absolute atomic E-state index is 5.56. The highest BCUT2D eigenvalue weighted by atomic mass is 32.1. The zero-order valence-corrected chi connectivity index (χ0v) is 10.7. The van der Waals surface area contributed by atoms with Crippen LogP contribution in [0.25, 0.3) is 10.1 Å². The van der Waals surface area contributed by atoms with E-state index in [1.807, 2.05) is 6.20 Å². The molecule has 3 nitrogen and oxygen atoms in total. The molecule has 1 aliphatic rings. The average Bonchev–Trinajstić information content (AvgIpc) is 2.75. The molecule has 0 radical (unpaired) electrons.